The largest absolute Gasteiger partial charge is 0.379 e. The van der Waals surface area contributed by atoms with Crippen LogP contribution in [0.4, 0.5) is 18.9 Å². The molecule has 0 spiro atoms. The van der Waals surface area contributed by atoms with E-state index in [-0.39, 0.29) is 17.3 Å². The van der Waals surface area contributed by atoms with E-state index in [9.17, 15) is 13.2 Å². The lowest BCUT2D eigenvalue weighted by Crippen LogP contribution is -2.02. The van der Waals surface area contributed by atoms with Crippen molar-refractivity contribution in [3.05, 3.63) is 64.4 Å². The van der Waals surface area contributed by atoms with Gasteiger partial charge in [0.1, 0.15) is 11.6 Å². The van der Waals surface area contributed by atoms with Crippen molar-refractivity contribution < 1.29 is 13.2 Å². The van der Waals surface area contributed by atoms with Gasteiger partial charge in [0.2, 0.25) is 0 Å². The Hall–Kier alpha value is -1.68. The first-order valence-corrected chi connectivity index (χ1v) is 5.57. The van der Waals surface area contributed by atoms with E-state index in [1.807, 2.05) is 0 Å². The van der Waals surface area contributed by atoms with Crippen molar-refractivity contribution in [2.75, 3.05) is 5.32 Å². The Bertz CT molecular complexity index is 552. The van der Waals surface area contributed by atoms with Gasteiger partial charge in [-0.05, 0) is 29.8 Å². The SMILES string of the molecule is Fc1cc(F)cc(CNc2cccc(Cl)c2F)c1. The van der Waals surface area contributed by atoms with Gasteiger partial charge in [-0.3, -0.25) is 0 Å². The quantitative estimate of drug-likeness (QED) is 0.874. The molecule has 0 saturated carbocycles. The summed E-state index contributed by atoms with van der Waals surface area (Å²) in [5.74, 6) is -1.92. The minimum atomic E-state index is -0.668. The van der Waals surface area contributed by atoms with Gasteiger partial charge < -0.3 is 5.32 Å². The average molecular weight is 272 g/mol. The monoisotopic (exact) mass is 271 g/mol. The van der Waals surface area contributed by atoms with Crippen LogP contribution in [0.3, 0.4) is 0 Å². The Morgan fingerprint density at radius 3 is 2.33 bits per heavy atom. The van der Waals surface area contributed by atoms with Crippen LogP contribution in [0.5, 0.6) is 0 Å². The topological polar surface area (TPSA) is 12.0 Å². The molecule has 0 heterocycles. The lowest BCUT2D eigenvalue weighted by Gasteiger charge is -2.08. The third-order valence-electron chi connectivity index (χ3n) is 2.36. The molecule has 18 heavy (non-hydrogen) atoms. The summed E-state index contributed by atoms with van der Waals surface area (Å²) >= 11 is 5.61. The van der Waals surface area contributed by atoms with Crippen molar-refractivity contribution >= 4 is 17.3 Å². The summed E-state index contributed by atoms with van der Waals surface area (Å²) in [5.41, 5.74) is 0.569. The van der Waals surface area contributed by atoms with Crippen LogP contribution in [0.2, 0.25) is 5.02 Å². The molecule has 2 aromatic rings. The molecular weight excluding hydrogens is 263 g/mol. The molecule has 1 nitrogen and oxygen atoms in total. The van der Waals surface area contributed by atoms with Crippen LogP contribution in [0, 0.1) is 17.5 Å². The van der Waals surface area contributed by atoms with Gasteiger partial charge in [0.05, 0.1) is 10.7 Å². The molecule has 0 bridgehead atoms. The third kappa shape index (κ3) is 2.96. The summed E-state index contributed by atoms with van der Waals surface area (Å²) in [4.78, 5) is 0. The molecule has 2 aromatic carbocycles. The summed E-state index contributed by atoms with van der Waals surface area (Å²) in [6.07, 6.45) is 0. The normalized spacial score (nSPS) is 10.4. The second-order valence-electron chi connectivity index (χ2n) is 3.73. The van der Waals surface area contributed by atoms with E-state index < -0.39 is 17.5 Å². The molecule has 0 radical (unpaired) electrons. The zero-order valence-corrected chi connectivity index (χ0v) is 9.94. The Morgan fingerprint density at radius 1 is 1.00 bits per heavy atom. The van der Waals surface area contributed by atoms with Crippen LogP contribution in [-0.2, 0) is 6.54 Å². The Labute approximate surface area is 107 Å². The van der Waals surface area contributed by atoms with E-state index in [1.165, 1.54) is 24.3 Å². The van der Waals surface area contributed by atoms with E-state index in [0.29, 0.717) is 5.56 Å². The maximum Gasteiger partial charge on any atom is 0.164 e. The zero-order valence-electron chi connectivity index (χ0n) is 9.18. The summed E-state index contributed by atoms with van der Waals surface area (Å²) in [6, 6.07) is 7.64. The number of rotatable bonds is 3. The van der Waals surface area contributed by atoms with E-state index in [2.05, 4.69) is 5.32 Å². The number of nitrogens with one attached hydrogen (secondary N) is 1. The van der Waals surface area contributed by atoms with Gasteiger partial charge in [0, 0.05) is 12.6 Å². The van der Waals surface area contributed by atoms with Crippen molar-refractivity contribution in [3.8, 4) is 0 Å². The van der Waals surface area contributed by atoms with Gasteiger partial charge >= 0.3 is 0 Å². The molecule has 0 aromatic heterocycles. The Morgan fingerprint density at radius 2 is 1.67 bits per heavy atom. The van der Waals surface area contributed by atoms with Gasteiger partial charge in [-0.15, -0.1) is 0 Å². The van der Waals surface area contributed by atoms with Crippen molar-refractivity contribution in [1.29, 1.82) is 0 Å². The van der Waals surface area contributed by atoms with Crippen molar-refractivity contribution in [2.45, 2.75) is 6.54 Å². The minimum Gasteiger partial charge on any atom is -0.379 e. The molecule has 0 aliphatic heterocycles. The molecule has 0 aliphatic carbocycles. The Kier molecular flexibility index (Phi) is 3.77. The molecule has 5 heteroatoms. The molecule has 0 atom stereocenters. The fraction of sp³-hybridized carbons (Fsp3) is 0.0769. The number of benzene rings is 2. The van der Waals surface area contributed by atoms with Gasteiger partial charge in [-0.1, -0.05) is 17.7 Å². The molecular formula is C13H9ClF3N. The number of halogens is 4. The van der Waals surface area contributed by atoms with Crippen LogP contribution >= 0.6 is 11.6 Å². The number of hydrogen-bond acceptors (Lipinski definition) is 1. The smallest absolute Gasteiger partial charge is 0.164 e. The predicted molar refractivity (Wildman–Crippen MR) is 65.1 cm³/mol. The van der Waals surface area contributed by atoms with Crippen LogP contribution in [0.1, 0.15) is 5.56 Å². The zero-order chi connectivity index (χ0) is 13.1. The number of anilines is 1. The summed E-state index contributed by atoms with van der Waals surface area (Å²) in [7, 11) is 0. The summed E-state index contributed by atoms with van der Waals surface area (Å²) in [6.45, 7) is 0.103. The second-order valence-corrected chi connectivity index (χ2v) is 4.14. The van der Waals surface area contributed by atoms with Crippen molar-refractivity contribution in [3.63, 3.8) is 0 Å². The van der Waals surface area contributed by atoms with Crippen LogP contribution in [-0.4, -0.2) is 0 Å². The van der Waals surface area contributed by atoms with E-state index in [1.54, 1.807) is 6.07 Å². The molecule has 0 saturated heterocycles. The highest BCUT2D eigenvalue weighted by Crippen LogP contribution is 2.22. The van der Waals surface area contributed by atoms with E-state index in [0.717, 1.165) is 6.07 Å². The van der Waals surface area contributed by atoms with Crippen molar-refractivity contribution in [2.24, 2.45) is 0 Å². The fourth-order valence-electron chi connectivity index (χ4n) is 1.55. The first-order valence-electron chi connectivity index (χ1n) is 5.19. The fourth-order valence-corrected chi connectivity index (χ4v) is 1.73. The van der Waals surface area contributed by atoms with Crippen LogP contribution in [0.15, 0.2) is 36.4 Å². The van der Waals surface area contributed by atoms with E-state index in [4.69, 9.17) is 11.6 Å². The van der Waals surface area contributed by atoms with E-state index >= 15 is 0 Å². The first kappa shape index (κ1) is 12.8. The Balaban J connectivity index is 2.14. The highest BCUT2D eigenvalue weighted by molar-refractivity contribution is 6.31. The summed E-state index contributed by atoms with van der Waals surface area (Å²) in [5, 5.41) is 2.72. The maximum absolute atomic E-state index is 13.5. The highest BCUT2D eigenvalue weighted by Gasteiger charge is 2.06. The molecule has 0 unspecified atom stereocenters. The molecule has 1 N–H and O–H groups in total. The van der Waals surface area contributed by atoms with Gasteiger partial charge in [0.15, 0.2) is 5.82 Å². The first-order chi connectivity index (χ1) is 8.56. The van der Waals surface area contributed by atoms with Gasteiger partial charge in [-0.2, -0.15) is 0 Å². The van der Waals surface area contributed by atoms with Crippen LogP contribution in [0.25, 0.3) is 0 Å². The molecule has 0 fully saturated rings. The summed E-state index contributed by atoms with van der Waals surface area (Å²) < 4.78 is 39.4. The minimum absolute atomic E-state index is 0.00887. The third-order valence-corrected chi connectivity index (χ3v) is 2.65. The molecule has 94 valence electrons. The standard InChI is InChI=1S/C13H9ClF3N/c14-11-2-1-3-12(13(11)17)18-7-8-4-9(15)6-10(16)5-8/h1-6,18H,7H2. The van der Waals surface area contributed by atoms with Gasteiger partial charge in [-0.25, -0.2) is 13.2 Å². The highest BCUT2D eigenvalue weighted by atomic mass is 35.5. The maximum atomic E-state index is 13.5. The predicted octanol–water partition coefficient (Wildman–Crippen LogP) is 4.37. The molecule has 0 amide bonds. The molecule has 0 aliphatic rings. The molecule has 2 rings (SSSR count). The van der Waals surface area contributed by atoms with Crippen LogP contribution < -0.4 is 5.32 Å². The van der Waals surface area contributed by atoms with Gasteiger partial charge in [0.25, 0.3) is 0 Å². The lowest BCUT2D eigenvalue weighted by atomic mass is 10.2. The number of hydrogen-bond donors (Lipinski definition) is 1. The lowest BCUT2D eigenvalue weighted by molar-refractivity contribution is 0.580. The second kappa shape index (κ2) is 5.31. The average Bonchev–Trinajstić information content (AvgIpc) is 2.30. The van der Waals surface area contributed by atoms with Crippen molar-refractivity contribution in [1.82, 2.24) is 0 Å².